The van der Waals surface area contributed by atoms with Gasteiger partial charge >= 0.3 is 0 Å². The van der Waals surface area contributed by atoms with Gasteiger partial charge in [-0.15, -0.1) is 0 Å². The lowest BCUT2D eigenvalue weighted by Crippen LogP contribution is -2.25. The predicted molar refractivity (Wildman–Crippen MR) is 85.7 cm³/mol. The highest BCUT2D eigenvalue weighted by molar-refractivity contribution is 5.33. The molecule has 2 aromatic rings. The van der Waals surface area contributed by atoms with Crippen LogP contribution in [0, 0.1) is 0 Å². The first kappa shape index (κ1) is 15.7. The first-order chi connectivity index (χ1) is 10.4. The van der Waals surface area contributed by atoms with Crippen LogP contribution in [0.5, 0.6) is 0 Å². The van der Waals surface area contributed by atoms with Gasteiger partial charge in [-0.2, -0.15) is 5.10 Å². The van der Waals surface area contributed by atoms with Crippen molar-refractivity contribution in [2.24, 2.45) is 0 Å². The van der Waals surface area contributed by atoms with Gasteiger partial charge in [0.05, 0.1) is 11.4 Å². The second-order valence-corrected chi connectivity index (χ2v) is 5.15. The zero-order chi connectivity index (χ0) is 14.9. The number of para-hydroxylation sites is 1. The normalized spacial score (nSPS) is 12.5. The summed E-state index contributed by atoms with van der Waals surface area (Å²) in [6.07, 6.45) is 5.09. The molecule has 1 unspecified atom stereocenters. The number of hydrogen-bond donors (Lipinski definition) is 1. The van der Waals surface area contributed by atoms with Crippen LogP contribution >= 0.6 is 0 Å². The van der Waals surface area contributed by atoms with Crippen molar-refractivity contribution >= 4 is 0 Å². The minimum absolute atomic E-state index is 0.308. The Morgan fingerprint density at radius 2 is 2.05 bits per heavy atom. The van der Waals surface area contributed by atoms with Gasteiger partial charge in [-0.3, -0.25) is 0 Å². The highest BCUT2D eigenvalue weighted by Gasteiger charge is 2.16. The molecule has 21 heavy (non-hydrogen) atoms. The van der Waals surface area contributed by atoms with E-state index in [-0.39, 0.29) is 0 Å². The number of rotatable bonds is 9. The van der Waals surface area contributed by atoms with E-state index in [2.05, 4.69) is 35.5 Å². The molecule has 1 N–H and O–H groups in total. The summed E-state index contributed by atoms with van der Waals surface area (Å²) in [5.41, 5.74) is 2.32. The number of nitrogens with zero attached hydrogens (tertiary/aromatic N) is 2. The van der Waals surface area contributed by atoms with Crippen LogP contribution in [-0.4, -0.2) is 30.0 Å². The zero-order valence-electron chi connectivity index (χ0n) is 13.0. The Kier molecular flexibility index (Phi) is 6.44. The summed E-state index contributed by atoms with van der Waals surface area (Å²) < 4.78 is 7.21. The molecule has 1 atom stereocenters. The van der Waals surface area contributed by atoms with Gasteiger partial charge in [0.1, 0.15) is 0 Å². The van der Waals surface area contributed by atoms with E-state index in [0.29, 0.717) is 6.04 Å². The summed E-state index contributed by atoms with van der Waals surface area (Å²) in [4.78, 5) is 0. The van der Waals surface area contributed by atoms with Gasteiger partial charge in [0, 0.05) is 26.0 Å². The summed E-state index contributed by atoms with van der Waals surface area (Å²) in [5, 5.41) is 8.11. The molecule has 0 fully saturated rings. The van der Waals surface area contributed by atoms with Gasteiger partial charge in [0.15, 0.2) is 0 Å². The van der Waals surface area contributed by atoms with E-state index in [4.69, 9.17) is 4.74 Å². The lowest BCUT2D eigenvalue weighted by Gasteiger charge is -2.20. The Labute approximate surface area is 127 Å². The van der Waals surface area contributed by atoms with E-state index in [0.717, 1.165) is 38.1 Å². The van der Waals surface area contributed by atoms with Crippen molar-refractivity contribution in [3.63, 3.8) is 0 Å². The fraction of sp³-hybridized carbons (Fsp3) is 0.471. The third kappa shape index (κ3) is 4.41. The summed E-state index contributed by atoms with van der Waals surface area (Å²) >= 11 is 0. The summed E-state index contributed by atoms with van der Waals surface area (Å²) in [6, 6.07) is 12.7. The Morgan fingerprint density at radius 3 is 2.76 bits per heavy atom. The molecule has 4 heteroatoms. The molecule has 1 aromatic heterocycles. The molecule has 114 valence electrons. The Balaban J connectivity index is 2.17. The monoisotopic (exact) mass is 287 g/mol. The number of aromatic nitrogens is 2. The number of nitrogens with one attached hydrogen (secondary N) is 1. The van der Waals surface area contributed by atoms with Crippen molar-refractivity contribution in [2.45, 2.75) is 32.2 Å². The number of benzene rings is 1. The zero-order valence-corrected chi connectivity index (χ0v) is 13.0. The molecule has 1 heterocycles. The largest absolute Gasteiger partial charge is 0.385 e. The predicted octanol–water partition coefficient (Wildman–Crippen LogP) is 3.34. The summed E-state index contributed by atoms with van der Waals surface area (Å²) in [7, 11) is 1.75. The van der Waals surface area contributed by atoms with E-state index >= 15 is 0 Å². The molecule has 1 aromatic carbocycles. The van der Waals surface area contributed by atoms with E-state index in [1.807, 2.05) is 29.1 Å². The Bertz CT molecular complexity index is 510. The van der Waals surface area contributed by atoms with Gasteiger partial charge in [-0.1, -0.05) is 25.1 Å². The molecule has 0 amide bonds. The molecule has 0 aliphatic heterocycles. The van der Waals surface area contributed by atoms with Crippen LogP contribution < -0.4 is 5.32 Å². The SMILES string of the molecule is CCCNC(CCCOC)c1ccnn1-c1ccccc1. The first-order valence-electron chi connectivity index (χ1n) is 7.68. The fourth-order valence-electron chi connectivity index (χ4n) is 2.47. The van der Waals surface area contributed by atoms with Crippen LogP contribution in [0.2, 0.25) is 0 Å². The molecular formula is C17H25N3O. The lowest BCUT2D eigenvalue weighted by molar-refractivity contribution is 0.188. The van der Waals surface area contributed by atoms with Crippen molar-refractivity contribution in [1.82, 2.24) is 15.1 Å². The second-order valence-electron chi connectivity index (χ2n) is 5.15. The van der Waals surface area contributed by atoms with Gasteiger partial charge < -0.3 is 10.1 Å². The minimum atomic E-state index is 0.308. The maximum absolute atomic E-state index is 5.18. The van der Waals surface area contributed by atoms with E-state index in [9.17, 15) is 0 Å². The summed E-state index contributed by atoms with van der Waals surface area (Å²) in [5.74, 6) is 0. The van der Waals surface area contributed by atoms with E-state index in [1.165, 1.54) is 5.69 Å². The summed E-state index contributed by atoms with van der Waals surface area (Å²) in [6.45, 7) is 4.00. The molecule has 0 aliphatic carbocycles. The Hall–Kier alpha value is -1.65. The third-order valence-corrected chi connectivity index (χ3v) is 3.51. The molecule has 0 spiro atoms. The van der Waals surface area contributed by atoms with Crippen LogP contribution in [0.15, 0.2) is 42.6 Å². The van der Waals surface area contributed by atoms with Crippen molar-refractivity contribution in [2.75, 3.05) is 20.3 Å². The van der Waals surface area contributed by atoms with Crippen LogP contribution in [0.4, 0.5) is 0 Å². The molecule has 0 saturated heterocycles. The third-order valence-electron chi connectivity index (χ3n) is 3.51. The second kappa shape index (κ2) is 8.60. The van der Waals surface area contributed by atoms with Crippen molar-refractivity contribution in [1.29, 1.82) is 0 Å². The van der Waals surface area contributed by atoms with Crippen LogP contribution in [-0.2, 0) is 4.74 Å². The van der Waals surface area contributed by atoms with Crippen LogP contribution in [0.25, 0.3) is 5.69 Å². The van der Waals surface area contributed by atoms with E-state index in [1.54, 1.807) is 7.11 Å². The molecule has 2 rings (SSSR count). The van der Waals surface area contributed by atoms with Gasteiger partial charge in [-0.05, 0) is 44.0 Å². The Morgan fingerprint density at radius 1 is 1.24 bits per heavy atom. The fourth-order valence-corrected chi connectivity index (χ4v) is 2.47. The maximum atomic E-state index is 5.18. The van der Waals surface area contributed by atoms with Gasteiger partial charge in [-0.25, -0.2) is 4.68 Å². The topological polar surface area (TPSA) is 39.1 Å². The lowest BCUT2D eigenvalue weighted by atomic mass is 10.1. The average molecular weight is 287 g/mol. The highest BCUT2D eigenvalue weighted by atomic mass is 16.5. The number of methoxy groups -OCH3 is 1. The molecule has 0 saturated carbocycles. The van der Waals surface area contributed by atoms with Crippen molar-refractivity contribution in [3.05, 3.63) is 48.3 Å². The van der Waals surface area contributed by atoms with Crippen molar-refractivity contribution < 1.29 is 4.74 Å². The first-order valence-corrected chi connectivity index (χ1v) is 7.68. The molecule has 0 aliphatic rings. The van der Waals surface area contributed by atoms with Crippen LogP contribution in [0.1, 0.15) is 37.9 Å². The number of ether oxygens (including phenoxy) is 1. The minimum Gasteiger partial charge on any atom is -0.385 e. The van der Waals surface area contributed by atoms with E-state index < -0.39 is 0 Å². The average Bonchev–Trinajstić information content (AvgIpc) is 3.01. The molecule has 0 bridgehead atoms. The highest BCUT2D eigenvalue weighted by Crippen LogP contribution is 2.21. The standard InChI is InChI=1S/C17H25N3O/c1-3-12-18-16(10-7-14-21-2)17-11-13-19-20(17)15-8-5-4-6-9-15/h4-6,8-9,11,13,16,18H,3,7,10,12,14H2,1-2H3. The van der Waals surface area contributed by atoms with Crippen molar-refractivity contribution in [3.8, 4) is 5.69 Å². The molecule has 0 radical (unpaired) electrons. The van der Waals surface area contributed by atoms with Crippen LogP contribution in [0.3, 0.4) is 0 Å². The maximum Gasteiger partial charge on any atom is 0.0649 e. The smallest absolute Gasteiger partial charge is 0.0649 e. The van der Waals surface area contributed by atoms with Gasteiger partial charge in [0.25, 0.3) is 0 Å². The van der Waals surface area contributed by atoms with Gasteiger partial charge in [0.2, 0.25) is 0 Å². The molecule has 4 nitrogen and oxygen atoms in total. The molecular weight excluding hydrogens is 262 g/mol. The quantitative estimate of drug-likeness (QED) is 0.719. The number of hydrogen-bond acceptors (Lipinski definition) is 3.